The maximum absolute atomic E-state index is 12.5. The van der Waals surface area contributed by atoms with Gasteiger partial charge in [-0.3, -0.25) is 0 Å². The van der Waals surface area contributed by atoms with Crippen molar-refractivity contribution in [1.82, 2.24) is 5.32 Å². The number of hydrogen-bond donors (Lipinski definition) is 2. The lowest BCUT2D eigenvalue weighted by Gasteiger charge is -2.18. The van der Waals surface area contributed by atoms with Gasteiger partial charge in [-0.25, -0.2) is 4.79 Å². The number of thiocarbonyl (C=S) groups is 1. The monoisotopic (exact) mass is 440 g/mol. The van der Waals surface area contributed by atoms with Gasteiger partial charge in [0.15, 0.2) is 5.11 Å². The Kier molecular flexibility index (Phi) is 7.43. The standard InChI is InChI=1S/C23H24N2O3S2/c1-4-28-22(26)19-14-20(16-9-6-5-7-10-16)30-21(19)25-23(29)24-15(2)17-11-8-12-18(13-17)27-3/h5-15H,4H2,1-3H3,(H2,24,25,29). The Hall–Kier alpha value is -2.90. The molecule has 0 aliphatic carbocycles. The first-order valence-corrected chi connectivity index (χ1v) is 10.8. The van der Waals surface area contributed by atoms with Crippen molar-refractivity contribution in [2.45, 2.75) is 19.9 Å². The Labute approximate surface area is 186 Å². The van der Waals surface area contributed by atoms with Crippen LogP contribution < -0.4 is 15.4 Å². The summed E-state index contributed by atoms with van der Waals surface area (Å²) in [6, 6.07) is 19.5. The summed E-state index contributed by atoms with van der Waals surface area (Å²) >= 11 is 6.98. The maximum Gasteiger partial charge on any atom is 0.341 e. The van der Waals surface area contributed by atoms with E-state index in [4.69, 9.17) is 21.7 Å². The van der Waals surface area contributed by atoms with Crippen molar-refractivity contribution in [3.05, 3.63) is 71.8 Å². The zero-order valence-electron chi connectivity index (χ0n) is 17.1. The molecule has 2 N–H and O–H groups in total. The van der Waals surface area contributed by atoms with E-state index < -0.39 is 0 Å². The normalized spacial score (nSPS) is 11.4. The van der Waals surface area contributed by atoms with Gasteiger partial charge < -0.3 is 20.1 Å². The first-order chi connectivity index (χ1) is 14.5. The third-order valence-corrected chi connectivity index (χ3v) is 5.77. The summed E-state index contributed by atoms with van der Waals surface area (Å²) in [6.07, 6.45) is 0. The van der Waals surface area contributed by atoms with Crippen LogP contribution in [0.5, 0.6) is 5.75 Å². The minimum Gasteiger partial charge on any atom is -0.497 e. The molecule has 1 atom stereocenters. The van der Waals surface area contributed by atoms with Gasteiger partial charge in [-0.15, -0.1) is 11.3 Å². The molecule has 1 unspecified atom stereocenters. The highest BCUT2D eigenvalue weighted by Crippen LogP contribution is 2.36. The molecular weight excluding hydrogens is 416 g/mol. The summed E-state index contributed by atoms with van der Waals surface area (Å²) in [4.78, 5) is 13.4. The number of benzene rings is 2. The van der Waals surface area contributed by atoms with Crippen LogP contribution in [0.2, 0.25) is 0 Å². The molecule has 0 spiro atoms. The molecule has 0 aliphatic rings. The van der Waals surface area contributed by atoms with Gasteiger partial charge in [0.1, 0.15) is 10.8 Å². The van der Waals surface area contributed by atoms with E-state index in [1.165, 1.54) is 11.3 Å². The Morgan fingerprint density at radius 3 is 2.60 bits per heavy atom. The van der Waals surface area contributed by atoms with E-state index in [0.717, 1.165) is 21.8 Å². The molecule has 3 rings (SSSR count). The van der Waals surface area contributed by atoms with Crippen LogP contribution in [0.3, 0.4) is 0 Å². The van der Waals surface area contributed by atoms with Gasteiger partial charge in [0.05, 0.1) is 25.3 Å². The maximum atomic E-state index is 12.5. The van der Waals surface area contributed by atoms with E-state index >= 15 is 0 Å². The van der Waals surface area contributed by atoms with E-state index in [1.807, 2.05) is 67.6 Å². The molecule has 0 radical (unpaired) electrons. The number of carbonyl (C=O) groups is 1. The van der Waals surface area contributed by atoms with E-state index in [0.29, 0.717) is 22.3 Å². The van der Waals surface area contributed by atoms with Crippen molar-refractivity contribution in [2.75, 3.05) is 19.0 Å². The van der Waals surface area contributed by atoms with E-state index in [1.54, 1.807) is 14.0 Å². The second-order valence-electron chi connectivity index (χ2n) is 6.54. The number of hydrogen-bond acceptors (Lipinski definition) is 5. The molecule has 0 saturated heterocycles. The molecule has 1 heterocycles. The van der Waals surface area contributed by atoms with Crippen molar-refractivity contribution in [3.8, 4) is 16.2 Å². The first-order valence-electron chi connectivity index (χ1n) is 9.59. The molecule has 0 amide bonds. The molecule has 7 heteroatoms. The molecule has 5 nitrogen and oxygen atoms in total. The first kappa shape index (κ1) is 21.8. The van der Waals surface area contributed by atoms with Crippen LogP contribution in [0, 0.1) is 0 Å². The average Bonchev–Trinajstić information content (AvgIpc) is 3.18. The number of nitrogens with one attached hydrogen (secondary N) is 2. The van der Waals surface area contributed by atoms with Gasteiger partial charge in [0.2, 0.25) is 0 Å². The molecule has 0 bridgehead atoms. The van der Waals surface area contributed by atoms with Crippen molar-refractivity contribution in [1.29, 1.82) is 0 Å². The summed E-state index contributed by atoms with van der Waals surface area (Å²) in [5, 5.41) is 7.52. The summed E-state index contributed by atoms with van der Waals surface area (Å²) in [6.45, 7) is 4.11. The lowest BCUT2D eigenvalue weighted by molar-refractivity contribution is 0.0528. The molecular formula is C23H24N2O3S2. The Morgan fingerprint density at radius 1 is 1.13 bits per heavy atom. The van der Waals surface area contributed by atoms with Gasteiger partial charge in [0.25, 0.3) is 0 Å². The predicted molar refractivity (Wildman–Crippen MR) is 126 cm³/mol. The number of anilines is 1. The van der Waals surface area contributed by atoms with Gasteiger partial charge in [-0.05, 0) is 55.4 Å². The Morgan fingerprint density at radius 2 is 1.90 bits per heavy atom. The summed E-state index contributed by atoms with van der Waals surface area (Å²) in [5.41, 5.74) is 2.55. The third-order valence-electron chi connectivity index (χ3n) is 4.45. The summed E-state index contributed by atoms with van der Waals surface area (Å²) in [5.74, 6) is 0.414. The lowest BCUT2D eigenvalue weighted by atomic mass is 10.1. The minimum absolute atomic E-state index is 0.0419. The van der Waals surface area contributed by atoms with Crippen LogP contribution in [0.4, 0.5) is 5.00 Å². The highest BCUT2D eigenvalue weighted by molar-refractivity contribution is 7.80. The van der Waals surface area contributed by atoms with Gasteiger partial charge in [0, 0.05) is 4.88 Å². The lowest BCUT2D eigenvalue weighted by Crippen LogP contribution is -2.31. The van der Waals surface area contributed by atoms with Crippen molar-refractivity contribution < 1.29 is 14.3 Å². The van der Waals surface area contributed by atoms with E-state index in [2.05, 4.69) is 10.6 Å². The topological polar surface area (TPSA) is 59.6 Å². The van der Waals surface area contributed by atoms with Crippen LogP contribution in [-0.2, 0) is 4.74 Å². The van der Waals surface area contributed by atoms with Crippen LogP contribution in [0.1, 0.15) is 35.8 Å². The number of carbonyl (C=O) groups excluding carboxylic acids is 1. The molecule has 3 aromatic rings. The van der Waals surface area contributed by atoms with Crippen LogP contribution in [-0.4, -0.2) is 24.8 Å². The second kappa shape index (κ2) is 10.2. The average molecular weight is 441 g/mol. The minimum atomic E-state index is -0.373. The fraction of sp³-hybridized carbons (Fsp3) is 0.217. The van der Waals surface area contributed by atoms with Crippen LogP contribution in [0.15, 0.2) is 60.7 Å². The highest BCUT2D eigenvalue weighted by atomic mass is 32.1. The number of methoxy groups -OCH3 is 1. The fourth-order valence-electron chi connectivity index (χ4n) is 2.92. The summed E-state index contributed by atoms with van der Waals surface area (Å²) < 4.78 is 10.5. The van der Waals surface area contributed by atoms with Crippen LogP contribution >= 0.6 is 23.6 Å². The zero-order valence-corrected chi connectivity index (χ0v) is 18.7. The largest absolute Gasteiger partial charge is 0.497 e. The van der Waals surface area contributed by atoms with Gasteiger partial charge in [-0.1, -0.05) is 42.5 Å². The Bertz CT molecular complexity index is 1020. The van der Waals surface area contributed by atoms with E-state index in [-0.39, 0.29) is 12.0 Å². The summed E-state index contributed by atoms with van der Waals surface area (Å²) in [7, 11) is 1.64. The number of thiophene rings is 1. The number of esters is 1. The highest BCUT2D eigenvalue weighted by Gasteiger charge is 2.19. The third kappa shape index (κ3) is 5.37. The number of ether oxygens (including phenoxy) is 2. The van der Waals surface area contributed by atoms with Crippen LogP contribution in [0.25, 0.3) is 10.4 Å². The van der Waals surface area contributed by atoms with Crippen molar-refractivity contribution in [3.63, 3.8) is 0 Å². The smallest absolute Gasteiger partial charge is 0.341 e. The number of rotatable bonds is 7. The van der Waals surface area contributed by atoms with Crippen molar-refractivity contribution >= 4 is 39.6 Å². The van der Waals surface area contributed by atoms with E-state index in [9.17, 15) is 4.79 Å². The predicted octanol–water partition coefficient (Wildman–Crippen LogP) is 5.65. The molecule has 0 fully saturated rings. The molecule has 2 aromatic carbocycles. The molecule has 0 saturated carbocycles. The fourth-order valence-corrected chi connectivity index (χ4v) is 4.32. The molecule has 156 valence electrons. The zero-order chi connectivity index (χ0) is 21.5. The SMILES string of the molecule is CCOC(=O)c1cc(-c2ccccc2)sc1NC(=S)NC(C)c1cccc(OC)c1. The molecule has 1 aromatic heterocycles. The second-order valence-corrected chi connectivity index (χ2v) is 8.00. The quantitative estimate of drug-likeness (QED) is 0.366. The molecule has 30 heavy (non-hydrogen) atoms. The van der Waals surface area contributed by atoms with Gasteiger partial charge >= 0.3 is 5.97 Å². The Balaban J connectivity index is 1.79. The van der Waals surface area contributed by atoms with Gasteiger partial charge in [-0.2, -0.15) is 0 Å². The van der Waals surface area contributed by atoms with Crippen molar-refractivity contribution in [2.24, 2.45) is 0 Å². The molecule has 0 aliphatic heterocycles.